The van der Waals surface area contributed by atoms with Crippen LogP contribution in [0.3, 0.4) is 0 Å². The minimum atomic E-state index is -0.0165. The number of nitrogens with one attached hydrogen (secondary N) is 1. The fraction of sp³-hybridized carbons (Fsp3) is 0.429. The van der Waals surface area contributed by atoms with Crippen LogP contribution in [0.2, 0.25) is 0 Å². The lowest BCUT2D eigenvalue weighted by Gasteiger charge is -2.09. The van der Waals surface area contributed by atoms with Crippen LogP contribution in [0.4, 0.5) is 0 Å². The van der Waals surface area contributed by atoms with Gasteiger partial charge in [0.25, 0.3) is 5.56 Å². The van der Waals surface area contributed by atoms with E-state index in [1.807, 2.05) is 28.8 Å². The number of rotatable bonds is 6. The van der Waals surface area contributed by atoms with Gasteiger partial charge >= 0.3 is 0 Å². The minimum Gasteiger partial charge on any atom is -0.317 e. The molecule has 4 nitrogen and oxygen atoms in total. The van der Waals surface area contributed by atoms with Gasteiger partial charge in [0.2, 0.25) is 0 Å². The molecular formula is C14H19N3O. The Kier molecular flexibility index (Phi) is 4.47. The van der Waals surface area contributed by atoms with Crippen molar-refractivity contribution in [3.8, 4) is 0 Å². The molecular weight excluding hydrogens is 226 g/mol. The first kappa shape index (κ1) is 12.8. The fourth-order valence-electron chi connectivity index (χ4n) is 2.04. The average Bonchev–Trinajstić information content (AvgIpc) is 2.41. The van der Waals surface area contributed by atoms with Crippen molar-refractivity contribution in [2.24, 2.45) is 0 Å². The zero-order chi connectivity index (χ0) is 12.8. The Morgan fingerprint density at radius 3 is 2.94 bits per heavy atom. The lowest BCUT2D eigenvalue weighted by atomic mass is 10.2. The van der Waals surface area contributed by atoms with Crippen molar-refractivity contribution >= 4 is 11.0 Å². The van der Waals surface area contributed by atoms with E-state index in [-0.39, 0.29) is 5.56 Å². The van der Waals surface area contributed by atoms with E-state index in [1.165, 1.54) is 6.20 Å². The van der Waals surface area contributed by atoms with Crippen molar-refractivity contribution in [1.82, 2.24) is 14.9 Å². The Morgan fingerprint density at radius 2 is 2.11 bits per heavy atom. The third-order valence-electron chi connectivity index (χ3n) is 2.99. The molecule has 0 bridgehead atoms. The Labute approximate surface area is 107 Å². The van der Waals surface area contributed by atoms with Crippen molar-refractivity contribution in [2.45, 2.75) is 26.3 Å². The number of hydrogen-bond acceptors (Lipinski definition) is 3. The maximum atomic E-state index is 11.8. The molecule has 96 valence electrons. The van der Waals surface area contributed by atoms with Gasteiger partial charge in [0.15, 0.2) is 0 Å². The average molecular weight is 245 g/mol. The Bertz CT molecular complexity index is 562. The van der Waals surface area contributed by atoms with Crippen molar-refractivity contribution in [1.29, 1.82) is 0 Å². The zero-order valence-corrected chi connectivity index (χ0v) is 10.7. The summed E-state index contributed by atoms with van der Waals surface area (Å²) in [5.74, 6) is 0. The molecule has 0 aliphatic rings. The first-order chi connectivity index (χ1) is 8.83. The topological polar surface area (TPSA) is 46.9 Å². The first-order valence-corrected chi connectivity index (χ1v) is 6.48. The van der Waals surface area contributed by atoms with Crippen molar-refractivity contribution in [3.63, 3.8) is 0 Å². The fourth-order valence-corrected chi connectivity index (χ4v) is 2.04. The third kappa shape index (κ3) is 2.96. The highest BCUT2D eigenvalue weighted by Crippen LogP contribution is 2.08. The quantitative estimate of drug-likeness (QED) is 0.789. The van der Waals surface area contributed by atoms with E-state index in [9.17, 15) is 4.79 Å². The van der Waals surface area contributed by atoms with Crippen LogP contribution >= 0.6 is 0 Å². The molecule has 0 saturated heterocycles. The molecule has 0 aliphatic carbocycles. The van der Waals surface area contributed by atoms with Crippen molar-refractivity contribution in [3.05, 3.63) is 40.8 Å². The molecule has 0 spiro atoms. The first-order valence-electron chi connectivity index (χ1n) is 6.48. The van der Waals surface area contributed by atoms with Crippen LogP contribution in [0.25, 0.3) is 11.0 Å². The largest absolute Gasteiger partial charge is 0.317 e. The molecule has 0 saturated carbocycles. The Hall–Kier alpha value is -1.68. The molecule has 0 radical (unpaired) electrons. The predicted molar refractivity (Wildman–Crippen MR) is 73.8 cm³/mol. The lowest BCUT2D eigenvalue weighted by Crippen LogP contribution is -2.21. The van der Waals surface area contributed by atoms with Gasteiger partial charge in [-0.05, 0) is 38.1 Å². The number of aryl methyl sites for hydroxylation is 1. The van der Waals surface area contributed by atoms with Crippen LogP contribution < -0.4 is 10.9 Å². The molecule has 2 aromatic rings. The van der Waals surface area contributed by atoms with Crippen LogP contribution in [0.5, 0.6) is 0 Å². The van der Waals surface area contributed by atoms with Gasteiger partial charge in [-0.3, -0.25) is 4.79 Å². The molecule has 4 heteroatoms. The summed E-state index contributed by atoms with van der Waals surface area (Å²) in [7, 11) is 0. The molecule has 0 atom stereocenters. The van der Waals surface area contributed by atoms with Gasteiger partial charge in [-0.1, -0.05) is 19.1 Å². The number of aromatic nitrogens is 2. The van der Waals surface area contributed by atoms with Gasteiger partial charge in [-0.25, -0.2) is 4.98 Å². The normalized spacial score (nSPS) is 10.9. The summed E-state index contributed by atoms with van der Waals surface area (Å²) >= 11 is 0. The maximum Gasteiger partial charge on any atom is 0.269 e. The number of hydrogen-bond donors (Lipinski definition) is 1. The molecule has 0 fully saturated rings. The summed E-state index contributed by atoms with van der Waals surface area (Å²) in [5, 5.41) is 3.29. The molecule has 0 amide bonds. The van der Waals surface area contributed by atoms with E-state index in [0.29, 0.717) is 0 Å². The smallest absolute Gasteiger partial charge is 0.269 e. The monoisotopic (exact) mass is 245 g/mol. The van der Waals surface area contributed by atoms with E-state index >= 15 is 0 Å². The highest BCUT2D eigenvalue weighted by Gasteiger charge is 2.02. The standard InChI is InChI=1S/C14H19N3O/c1-2-15-9-5-6-10-17-13-8-4-3-7-12(13)16-11-14(17)18/h3-4,7-8,11,15H,2,5-6,9-10H2,1H3. The van der Waals surface area contributed by atoms with Crippen molar-refractivity contribution in [2.75, 3.05) is 13.1 Å². The van der Waals surface area contributed by atoms with E-state index in [4.69, 9.17) is 0 Å². The summed E-state index contributed by atoms with van der Waals surface area (Å²) in [6.45, 7) is 4.86. The number of fused-ring (bicyclic) bond motifs is 1. The van der Waals surface area contributed by atoms with Gasteiger partial charge in [0, 0.05) is 6.54 Å². The number of benzene rings is 1. The molecule has 2 rings (SSSR count). The molecule has 1 N–H and O–H groups in total. The summed E-state index contributed by atoms with van der Waals surface area (Å²) in [6.07, 6.45) is 3.49. The second kappa shape index (κ2) is 6.31. The summed E-state index contributed by atoms with van der Waals surface area (Å²) in [4.78, 5) is 16.0. The SMILES string of the molecule is CCNCCCCn1c(=O)cnc2ccccc21. The second-order valence-corrected chi connectivity index (χ2v) is 4.30. The van der Waals surface area contributed by atoms with Crippen LogP contribution in [-0.2, 0) is 6.54 Å². The van der Waals surface area contributed by atoms with Crippen LogP contribution in [0.1, 0.15) is 19.8 Å². The summed E-state index contributed by atoms with van der Waals surface area (Å²) < 4.78 is 1.81. The van der Waals surface area contributed by atoms with Gasteiger partial charge in [0.1, 0.15) is 0 Å². The summed E-state index contributed by atoms with van der Waals surface area (Å²) in [5.41, 5.74) is 1.79. The maximum absolute atomic E-state index is 11.8. The third-order valence-corrected chi connectivity index (χ3v) is 2.99. The number of unbranched alkanes of at least 4 members (excludes halogenated alkanes) is 1. The van der Waals surface area contributed by atoms with E-state index < -0.39 is 0 Å². The van der Waals surface area contributed by atoms with Gasteiger partial charge in [-0.15, -0.1) is 0 Å². The molecule has 0 unspecified atom stereocenters. The van der Waals surface area contributed by atoms with E-state index in [1.54, 1.807) is 0 Å². The second-order valence-electron chi connectivity index (χ2n) is 4.30. The van der Waals surface area contributed by atoms with E-state index in [0.717, 1.165) is 43.5 Å². The highest BCUT2D eigenvalue weighted by molar-refractivity contribution is 5.74. The highest BCUT2D eigenvalue weighted by atomic mass is 16.1. The lowest BCUT2D eigenvalue weighted by molar-refractivity contribution is 0.576. The minimum absolute atomic E-state index is 0.0165. The molecule has 0 aliphatic heterocycles. The number of para-hydroxylation sites is 2. The summed E-state index contributed by atoms with van der Waals surface area (Å²) in [6, 6.07) is 7.77. The Morgan fingerprint density at radius 1 is 1.28 bits per heavy atom. The predicted octanol–water partition coefficient (Wildman–Crippen LogP) is 1.79. The van der Waals surface area contributed by atoms with Gasteiger partial charge < -0.3 is 9.88 Å². The van der Waals surface area contributed by atoms with Crippen LogP contribution in [0, 0.1) is 0 Å². The van der Waals surface area contributed by atoms with E-state index in [2.05, 4.69) is 17.2 Å². The van der Waals surface area contributed by atoms with Gasteiger partial charge in [0.05, 0.1) is 17.2 Å². The molecule has 1 heterocycles. The van der Waals surface area contributed by atoms with Crippen LogP contribution in [-0.4, -0.2) is 22.6 Å². The molecule has 1 aromatic carbocycles. The zero-order valence-electron chi connectivity index (χ0n) is 10.7. The van der Waals surface area contributed by atoms with Crippen LogP contribution in [0.15, 0.2) is 35.3 Å². The van der Waals surface area contributed by atoms with Crippen molar-refractivity contribution < 1.29 is 0 Å². The Balaban J connectivity index is 2.12. The molecule has 18 heavy (non-hydrogen) atoms. The number of nitrogens with zero attached hydrogens (tertiary/aromatic N) is 2. The molecule has 1 aromatic heterocycles. The van der Waals surface area contributed by atoms with Gasteiger partial charge in [-0.2, -0.15) is 0 Å².